The van der Waals surface area contributed by atoms with E-state index >= 15 is 0 Å². The Morgan fingerprint density at radius 2 is 1.77 bits per heavy atom. The van der Waals surface area contributed by atoms with Crippen molar-refractivity contribution in [2.45, 2.75) is 37.8 Å². The van der Waals surface area contributed by atoms with Crippen LogP contribution in [0.5, 0.6) is 5.75 Å². The Morgan fingerprint density at radius 1 is 1.08 bits per heavy atom. The minimum absolute atomic E-state index is 0.0482. The molecule has 2 aromatic rings. The van der Waals surface area contributed by atoms with Gasteiger partial charge in [-0.2, -0.15) is 13.2 Å². The minimum atomic E-state index is -4.66. The van der Waals surface area contributed by atoms with E-state index in [0.29, 0.717) is 17.2 Å². The van der Waals surface area contributed by atoms with Crippen molar-refractivity contribution in [2.24, 2.45) is 5.92 Å². The van der Waals surface area contributed by atoms with E-state index in [1.54, 1.807) is 12.1 Å². The molecule has 0 radical (unpaired) electrons. The Labute approximate surface area is 148 Å². The minimum Gasteiger partial charge on any atom is -0.478 e. The highest BCUT2D eigenvalue weighted by Gasteiger charge is 2.30. The summed E-state index contributed by atoms with van der Waals surface area (Å²) in [6, 6.07) is 5.99. The number of ether oxygens (including phenoxy) is 1. The summed E-state index contributed by atoms with van der Waals surface area (Å²) >= 11 is 0. The fraction of sp³-hybridized carbons (Fsp3) is 0.400. The maximum atomic E-state index is 14.4. The normalized spacial score (nSPS) is 21.0. The molecule has 6 heteroatoms. The number of halogens is 5. The van der Waals surface area contributed by atoms with E-state index in [2.05, 4.69) is 11.3 Å². The Bertz CT molecular complexity index is 804. The Balaban J connectivity index is 1.88. The molecule has 0 aromatic heterocycles. The zero-order chi connectivity index (χ0) is 18.9. The third-order valence-corrected chi connectivity index (χ3v) is 4.97. The number of hydrogen-bond acceptors (Lipinski definition) is 1. The van der Waals surface area contributed by atoms with Crippen molar-refractivity contribution in [1.82, 2.24) is 0 Å². The summed E-state index contributed by atoms with van der Waals surface area (Å²) in [7, 11) is 0. The quantitative estimate of drug-likeness (QED) is 0.440. The van der Waals surface area contributed by atoms with E-state index in [1.165, 1.54) is 6.07 Å². The molecule has 1 fully saturated rings. The molecule has 0 aliphatic heterocycles. The highest BCUT2D eigenvalue weighted by atomic mass is 19.4. The molecule has 0 amide bonds. The largest absolute Gasteiger partial charge is 0.478 e. The first-order valence-electron chi connectivity index (χ1n) is 8.52. The van der Waals surface area contributed by atoms with Crippen molar-refractivity contribution < 1.29 is 26.7 Å². The third-order valence-electron chi connectivity index (χ3n) is 4.97. The Hall–Kier alpha value is -2.11. The van der Waals surface area contributed by atoms with Crippen LogP contribution in [0.3, 0.4) is 0 Å². The maximum absolute atomic E-state index is 14.4. The number of hydrogen-bond donors (Lipinski definition) is 0. The number of rotatable bonds is 4. The van der Waals surface area contributed by atoms with Crippen molar-refractivity contribution in [2.75, 3.05) is 6.61 Å². The lowest BCUT2D eigenvalue weighted by molar-refractivity contribution is -0.154. The van der Waals surface area contributed by atoms with Crippen molar-refractivity contribution in [3.8, 4) is 5.75 Å². The van der Waals surface area contributed by atoms with Crippen molar-refractivity contribution in [3.63, 3.8) is 0 Å². The van der Waals surface area contributed by atoms with Crippen LogP contribution in [0.15, 0.2) is 36.9 Å². The molecular formula is C20H19F5O. The summed E-state index contributed by atoms with van der Waals surface area (Å²) in [6.07, 6.45) is 1.30. The molecule has 0 N–H and O–H groups in total. The molecule has 0 atom stereocenters. The van der Waals surface area contributed by atoms with E-state index < -0.39 is 30.2 Å². The molecule has 0 saturated heterocycles. The molecule has 1 nitrogen and oxygen atoms in total. The number of fused-ring (bicyclic) bond motifs is 1. The molecule has 0 heterocycles. The molecule has 0 spiro atoms. The van der Waals surface area contributed by atoms with Crippen molar-refractivity contribution >= 4 is 10.8 Å². The SMILES string of the molecule is C=CC1CCC(c2ccc3c(F)c(OCC(F)(F)F)c(F)cc3c2)CC1. The summed E-state index contributed by atoms with van der Waals surface area (Å²) in [4.78, 5) is 0. The topological polar surface area (TPSA) is 9.23 Å². The van der Waals surface area contributed by atoms with Crippen LogP contribution in [-0.4, -0.2) is 12.8 Å². The summed E-state index contributed by atoms with van der Waals surface area (Å²) in [5, 5.41) is 0.370. The predicted molar refractivity (Wildman–Crippen MR) is 90.3 cm³/mol. The molecule has 1 saturated carbocycles. The van der Waals surface area contributed by atoms with E-state index in [9.17, 15) is 22.0 Å². The van der Waals surface area contributed by atoms with Crippen LogP contribution in [0, 0.1) is 17.6 Å². The van der Waals surface area contributed by atoms with E-state index in [0.717, 1.165) is 37.3 Å². The zero-order valence-corrected chi connectivity index (χ0v) is 14.1. The second-order valence-electron chi connectivity index (χ2n) is 6.73. The number of allylic oxidation sites excluding steroid dienone is 1. The summed E-state index contributed by atoms with van der Waals surface area (Å²) < 4.78 is 69.6. The van der Waals surface area contributed by atoms with Crippen LogP contribution in [0.1, 0.15) is 37.2 Å². The van der Waals surface area contributed by atoms with Gasteiger partial charge in [-0.15, -0.1) is 6.58 Å². The van der Waals surface area contributed by atoms with Gasteiger partial charge in [0, 0.05) is 5.39 Å². The van der Waals surface area contributed by atoms with Gasteiger partial charge in [-0.3, -0.25) is 0 Å². The Kier molecular flexibility index (Phi) is 5.21. The van der Waals surface area contributed by atoms with Gasteiger partial charge in [-0.1, -0.05) is 24.3 Å². The van der Waals surface area contributed by atoms with Crippen LogP contribution < -0.4 is 4.74 Å². The lowest BCUT2D eigenvalue weighted by atomic mass is 9.78. The Morgan fingerprint density at radius 3 is 2.38 bits per heavy atom. The van der Waals surface area contributed by atoms with Crippen LogP contribution in [0.4, 0.5) is 22.0 Å². The average Bonchev–Trinajstić information content (AvgIpc) is 2.60. The average molecular weight is 370 g/mol. The number of alkyl halides is 3. The number of benzene rings is 2. The van der Waals surface area contributed by atoms with Gasteiger partial charge in [0.15, 0.2) is 24.0 Å². The smallest absolute Gasteiger partial charge is 0.422 e. The van der Waals surface area contributed by atoms with E-state index in [4.69, 9.17) is 0 Å². The maximum Gasteiger partial charge on any atom is 0.422 e. The lowest BCUT2D eigenvalue weighted by Gasteiger charge is -2.27. The molecule has 26 heavy (non-hydrogen) atoms. The first-order valence-corrected chi connectivity index (χ1v) is 8.52. The van der Waals surface area contributed by atoms with Crippen molar-refractivity contribution in [1.29, 1.82) is 0 Å². The zero-order valence-electron chi connectivity index (χ0n) is 14.1. The first kappa shape index (κ1) is 18.7. The van der Waals surface area contributed by atoms with Gasteiger partial charge >= 0.3 is 6.18 Å². The fourth-order valence-corrected chi connectivity index (χ4v) is 3.56. The van der Waals surface area contributed by atoms with E-state index in [-0.39, 0.29) is 5.39 Å². The highest BCUT2D eigenvalue weighted by Crippen LogP contribution is 2.38. The van der Waals surface area contributed by atoms with Gasteiger partial charge < -0.3 is 4.74 Å². The predicted octanol–water partition coefficient (Wildman–Crippen LogP) is 6.52. The molecular weight excluding hydrogens is 351 g/mol. The first-order chi connectivity index (χ1) is 12.3. The molecule has 0 unspecified atom stereocenters. The molecule has 1 aliphatic rings. The van der Waals surface area contributed by atoms with Gasteiger partial charge in [0.1, 0.15) is 0 Å². The van der Waals surface area contributed by atoms with Crippen molar-refractivity contribution in [3.05, 3.63) is 54.1 Å². The monoisotopic (exact) mass is 370 g/mol. The van der Waals surface area contributed by atoms with Gasteiger partial charge in [0.05, 0.1) is 0 Å². The summed E-state index contributed by atoms with van der Waals surface area (Å²) in [5.41, 5.74) is 0.989. The molecule has 2 aromatic carbocycles. The summed E-state index contributed by atoms with van der Waals surface area (Å²) in [6.45, 7) is 2.08. The second-order valence-corrected chi connectivity index (χ2v) is 6.73. The van der Waals surface area contributed by atoms with Crippen LogP contribution in [-0.2, 0) is 0 Å². The summed E-state index contributed by atoms with van der Waals surface area (Å²) in [5.74, 6) is -2.41. The standard InChI is InChI=1S/C20H19F5O/c1-2-12-3-5-13(6-4-12)14-7-8-16-15(9-14)10-17(21)19(18(16)22)26-11-20(23,24)25/h2,7-10,12-13H,1,3-6,11H2. The third kappa shape index (κ3) is 4.00. The van der Waals surface area contributed by atoms with Crippen LogP contribution in [0.25, 0.3) is 10.8 Å². The molecule has 0 bridgehead atoms. The van der Waals surface area contributed by atoms with Crippen LogP contribution >= 0.6 is 0 Å². The second kappa shape index (κ2) is 7.25. The molecule has 3 rings (SSSR count). The fourth-order valence-electron chi connectivity index (χ4n) is 3.56. The lowest BCUT2D eigenvalue weighted by Crippen LogP contribution is -2.20. The van der Waals surface area contributed by atoms with Gasteiger partial charge in [-0.25, -0.2) is 8.78 Å². The molecule has 140 valence electrons. The van der Waals surface area contributed by atoms with Gasteiger partial charge in [-0.05, 0) is 54.5 Å². The van der Waals surface area contributed by atoms with Gasteiger partial charge in [0.2, 0.25) is 0 Å². The highest BCUT2D eigenvalue weighted by molar-refractivity contribution is 5.85. The van der Waals surface area contributed by atoms with Gasteiger partial charge in [0.25, 0.3) is 0 Å². The van der Waals surface area contributed by atoms with E-state index in [1.807, 2.05) is 6.08 Å². The van der Waals surface area contributed by atoms with Crippen LogP contribution in [0.2, 0.25) is 0 Å². The molecule has 1 aliphatic carbocycles.